The van der Waals surface area contributed by atoms with Gasteiger partial charge in [0, 0.05) is 63.4 Å². The first-order valence-corrected chi connectivity index (χ1v) is 9.62. The van der Waals surface area contributed by atoms with Crippen LogP contribution in [0.1, 0.15) is 54.0 Å². The van der Waals surface area contributed by atoms with Crippen molar-refractivity contribution in [3.8, 4) is 0 Å². The van der Waals surface area contributed by atoms with Crippen molar-refractivity contribution < 1.29 is 13.6 Å². The Balaban J connectivity index is 1.67. The standard InChI is InChI=1S/C19H29F2N5O/c1-12-13(2)22-16(18(27)25(3)4)24-17(12)26-10-7-15(11-26)23-14-5-8-19(20,21)9-6-14/h14-15,23H,5-11H2,1-4H3/t15-/m1/s1. The second-order valence-electron chi connectivity index (χ2n) is 8.01. The number of nitrogens with one attached hydrogen (secondary N) is 1. The van der Waals surface area contributed by atoms with Crippen LogP contribution in [0.25, 0.3) is 0 Å². The van der Waals surface area contributed by atoms with Crippen molar-refractivity contribution in [2.45, 2.75) is 64.0 Å². The zero-order valence-corrected chi connectivity index (χ0v) is 16.6. The van der Waals surface area contributed by atoms with E-state index in [1.807, 2.05) is 13.8 Å². The van der Waals surface area contributed by atoms with Crippen molar-refractivity contribution in [3.05, 3.63) is 17.1 Å². The zero-order chi connectivity index (χ0) is 19.8. The Kier molecular flexibility index (Phi) is 5.65. The summed E-state index contributed by atoms with van der Waals surface area (Å²) in [6.07, 6.45) is 1.93. The Labute approximate surface area is 159 Å². The Hall–Kier alpha value is -1.83. The molecule has 1 saturated heterocycles. The molecule has 1 aliphatic heterocycles. The van der Waals surface area contributed by atoms with Gasteiger partial charge in [-0.2, -0.15) is 0 Å². The van der Waals surface area contributed by atoms with Crippen LogP contribution in [0.15, 0.2) is 0 Å². The number of hydrogen-bond donors (Lipinski definition) is 1. The summed E-state index contributed by atoms with van der Waals surface area (Å²) in [6.45, 7) is 5.45. The maximum atomic E-state index is 13.3. The van der Waals surface area contributed by atoms with E-state index in [0.717, 1.165) is 36.6 Å². The summed E-state index contributed by atoms with van der Waals surface area (Å²) in [5.41, 5.74) is 1.78. The number of carbonyl (C=O) groups is 1. The highest BCUT2D eigenvalue weighted by Gasteiger charge is 2.36. The van der Waals surface area contributed by atoms with Crippen LogP contribution in [-0.4, -0.2) is 66.0 Å². The van der Waals surface area contributed by atoms with E-state index in [9.17, 15) is 13.6 Å². The van der Waals surface area contributed by atoms with E-state index in [1.165, 1.54) is 4.90 Å². The number of rotatable bonds is 4. The molecule has 0 radical (unpaired) electrons. The minimum absolute atomic E-state index is 0.0265. The smallest absolute Gasteiger partial charge is 0.291 e. The molecule has 8 heteroatoms. The average molecular weight is 381 g/mol. The highest BCUT2D eigenvalue weighted by Crippen LogP contribution is 2.33. The van der Waals surface area contributed by atoms with Crippen LogP contribution in [0.4, 0.5) is 14.6 Å². The highest BCUT2D eigenvalue weighted by atomic mass is 19.3. The van der Waals surface area contributed by atoms with Crippen LogP contribution in [0.2, 0.25) is 0 Å². The second-order valence-corrected chi connectivity index (χ2v) is 8.01. The fourth-order valence-corrected chi connectivity index (χ4v) is 3.85. The Morgan fingerprint density at radius 2 is 1.81 bits per heavy atom. The third kappa shape index (κ3) is 4.54. The molecule has 1 aliphatic carbocycles. The van der Waals surface area contributed by atoms with E-state index in [1.54, 1.807) is 14.1 Å². The number of halogens is 2. The first-order chi connectivity index (χ1) is 12.7. The van der Waals surface area contributed by atoms with Crippen LogP contribution in [0.5, 0.6) is 0 Å². The molecule has 6 nitrogen and oxygen atoms in total. The van der Waals surface area contributed by atoms with E-state index < -0.39 is 5.92 Å². The maximum absolute atomic E-state index is 13.3. The number of hydrogen-bond acceptors (Lipinski definition) is 5. The van der Waals surface area contributed by atoms with E-state index >= 15 is 0 Å². The third-order valence-electron chi connectivity index (χ3n) is 5.64. The number of anilines is 1. The summed E-state index contributed by atoms with van der Waals surface area (Å²) in [4.78, 5) is 24.8. The molecule has 1 saturated carbocycles. The lowest BCUT2D eigenvalue weighted by Gasteiger charge is -2.31. The van der Waals surface area contributed by atoms with Gasteiger partial charge in [-0.1, -0.05) is 0 Å². The van der Waals surface area contributed by atoms with Gasteiger partial charge in [0.05, 0.1) is 0 Å². The largest absolute Gasteiger partial charge is 0.355 e. The number of nitrogens with zero attached hydrogens (tertiary/aromatic N) is 4. The molecule has 1 amide bonds. The molecule has 150 valence electrons. The summed E-state index contributed by atoms with van der Waals surface area (Å²) in [5.74, 6) is -1.70. The summed E-state index contributed by atoms with van der Waals surface area (Å²) in [6, 6.07) is 0.415. The van der Waals surface area contributed by atoms with Crippen molar-refractivity contribution in [2.24, 2.45) is 0 Å². The van der Waals surface area contributed by atoms with Crippen molar-refractivity contribution in [3.63, 3.8) is 0 Å². The normalized spacial score (nSPS) is 22.9. The maximum Gasteiger partial charge on any atom is 0.291 e. The molecule has 2 aliphatic rings. The number of carbonyl (C=O) groups excluding carboxylic acids is 1. The number of aryl methyl sites for hydroxylation is 1. The quantitative estimate of drug-likeness (QED) is 0.869. The van der Waals surface area contributed by atoms with E-state index in [0.29, 0.717) is 12.8 Å². The first-order valence-electron chi connectivity index (χ1n) is 9.62. The predicted molar refractivity (Wildman–Crippen MR) is 100 cm³/mol. The monoisotopic (exact) mass is 381 g/mol. The van der Waals surface area contributed by atoms with Crippen molar-refractivity contribution >= 4 is 11.7 Å². The molecule has 1 aromatic heterocycles. The Bertz CT molecular complexity index is 700. The molecule has 27 heavy (non-hydrogen) atoms. The Morgan fingerprint density at radius 3 is 2.44 bits per heavy atom. The van der Waals surface area contributed by atoms with Crippen LogP contribution in [0.3, 0.4) is 0 Å². The van der Waals surface area contributed by atoms with Gasteiger partial charge < -0.3 is 15.1 Å². The fourth-order valence-electron chi connectivity index (χ4n) is 3.85. The molecule has 0 unspecified atom stereocenters. The molecular formula is C19H29F2N5O. The predicted octanol–water partition coefficient (Wildman–Crippen LogP) is 2.54. The lowest BCUT2D eigenvalue weighted by atomic mass is 9.91. The lowest BCUT2D eigenvalue weighted by molar-refractivity contribution is -0.0410. The van der Waals surface area contributed by atoms with Gasteiger partial charge in [-0.15, -0.1) is 0 Å². The van der Waals surface area contributed by atoms with Gasteiger partial charge >= 0.3 is 0 Å². The van der Waals surface area contributed by atoms with Crippen molar-refractivity contribution in [1.29, 1.82) is 0 Å². The van der Waals surface area contributed by atoms with Gasteiger partial charge in [0.2, 0.25) is 11.7 Å². The topological polar surface area (TPSA) is 61.4 Å². The molecule has 2 fully saturated rings. The van der Waals surface area contributed by atoms with E-state index in [4.69, 9.17) is 0 Å². The first kappa shape index (κ1) is 19.9. The molecule has 0 spiro atoms. The summed E-state index contributed by atoms with van der Waals surface area (Å²) in [5, 5.41) is 3.55. The van der Waals surface area contributed by atoms with Gasteiger partial charge in [-0.3, -0.25) is 4.79 Å². The van der Waals surface area contributed by atoms with Gasteiger partial charge in [0.1, 0.15) is 5.82 Å². The average Bonchev–Trinajstić information content (AvgIpc) is 3.06. The molecule has 0 bridgehead atoms. The third-order valence-corrected chi connectivity index (χ3v) is 5.64. The van der Waals surface area contributed by atoms with Gasteiger partial charge in [-0.05, 0) is 33.1 Å². The molecule has 2 heterocycles. The number of alkyl halides is 2. The SMILES string of the molecule is Cc1nc(C(=O)N(C)C)nc(N2CC[C@@H](NC3CCC(F)(F)CC3)C2)c1C. The van der Waals surface area contributed by atoms with Crippen molar-refractivity contribution in [1.82, 2.24) is 20.2 Å². The molecule has 0 aromatic carbocycles. The highest BCUT2D eigenvalue weighted by molar-refractivity contribution is 5.90. The van der Waals surface area contributed by atoms with Crippen LogP contribution >= 0.6 is 0 Å². The van der Waals surface area contributed by atoms with E-state index in [-0.39, 0.29) is 36.7 Å². The number of amides is 1. The molecule has 3 rings (SSSR count). The number of aromatic nitrogens is 2. The molecule has 1 N–H and O–H groups in total. The van der Waals surface area contributed by atoms with Gasteiger partial charge in [-0.25, -0.2) is 18.7 Å². The molecule has 1 aromatic rings. The fraction of sp³-hybridized carbons (Fsp3) is 0.737. The minimum Gasteiger partial charge on any atom is -0.355 e. The van der Waals surface area contributed by atoms with Crippen LogP contribution < -0.4 is 10.2 Å². The van der Waals surface area contributed by atoms with Crippen molar-refractivity contribution in [2.75, 3.05) is 32.1 Å². The Morgan fingerprint density at radius 1 is 1.15 bits per heavy atom. The zero-order valence-electron chi connectivity index (χ0n) is 16.6. The van der Waals surface area contributed by atoms with E-state index in [2.05, 4.69) is 20.2 Å². The lowest BCUT2D eigenvalue weighted by Crippen LogP contribution is -2.43. The summed E-state index contributed by atoms with van der Waals surface area (Å²) in [7, 11) is 3.37. The van der Waals surface area contributed by atoms with Crippen LogP contribution in [-0.2, 0) is 0 Å². The van der Waals surface area contributed by atoms with Crippen LogP contribution in [0, 0.1) is 13.8 Å². The van der Waals surface area contributed by atoms with Gasteiger partial charge in [0.15, 0.2) is 0 Å². The molecule has 1 atom stereocenters. The minimum atomic E-state index is -2.50. The second kappa shape index (κ2) is 7.66. The van der Waals surface area contributed by atoms with Gasteiger partial charge in [0.25, 0.3) is 5.91 Å². The summed E-state index contributed by atoms with van der Waals surface area (Å²) < 4.78 is 26.7. The molecular weight excluding hydrogens is 352 g/mol. The summed E-state index contributed by atoms with van der Waals surface area (Å²) >= 11 is 0.